The third-order valence-electron chi connectivity index (χ3n) is 5.66. The summed E-state index contributed by atoms with van der Waals surface area (Å²) >= 11 is 0. The number of aromatic nitrogens is 2. The summed E-state index contributed by atoms with van der Waals surface area (Å²) in [5.74, 6) is -6.28. The van der Waals surface area contributed by atoms with Crippen molar-refractivity contribution < 1.29 is 41.0 Å². The molecule has 2 aromatic carbocycles. The first-order valence-electron chi connectivity index (χ1n) is 11.4. The van der Waals surface area contributed by atoms with E-state index in [1.165, 1.54) is 12.1 Å². The van der Waals surface area contributed by atoms with Crippen molar-refractivity contribution >= 4 is 29.3 Å². The number of halogens is 4. The Balaban J connectivity index is 1.33. The van der Waals surface area contributed by atoms with Crippen molar-refractivity contribution in [3.05, 3.63) is 59.5 Å². The van der Waals surface area contributed by atoms with Gasteiger partial charge in [-0.3, -0.25) is 9.59 Å². The van der Waals surface area contributed by atoms with Crippen molar-refractivity contribution in [1.82, 2.24) is 10.2 Å². The highest BCUT2D eigenvalue weighted by Gasteiger charge is 2.28. The molecule has 4 rings (SSSR count). The molecule has 0 radical (unpaired) electrons. The zero-order valence-corrected chi connectivity index (χ0v) is 19.5. The van der Waals surface area contributed by atoms with Crippen molar-refractivity contribution in [2.24, 2.45) is 5.92 Å². The van der Waals surface area contributed by atoms with Crippen LogP contribution in [0.2, 0.25) is 0 Å². The summed E-state index contributed by atoms with van der Waals surface area (Å²) in [7, 11) is 0. The quantitative estimate of drug-likeness (QED) is 0.238. The lowest BCUT2D eigenvalue weighted by molar-refractivity contribution is -0.149. The topological polar surface area (TPSA) is 116 Å². The highest BCUT2D eigenvalue weighted by atomic mass is 19.2. The summed E-state index contributed by atoms with van der Waals surface area (Å²) in [5, 5.41) is 11.5. The van der Waals surface area contributed by atoms with Crippen LogP contribution in [-0.2, 0) is 9.53 Å². The van der Waals surface area contributed by atoms with Crippen molar-refractivity contribution in [2.75, 3.05) is 17.2 Å². The number of carbonyl (C=O) groups excluding carboxylic acids is 2. The smallest absolute Gasteiger partial charge is 0.320 e. The summed E-state index contributed by atoms with van der Waals surface area (Å²) in [4.78, 5) is 24.2. The first-order valence-corrected chi connectivity index (χ1v) is 11.4. The molecular formula is C24H22F4N4O5. The molecule has 1 aliphatic carbocycles. The van der Waals surface area contributed by atoms with E-state index < -0.39 is 46.8 Å². The van der Waals surface area contributed by atoms with Gasteiger partial charge in [0.15, 0.2) is 11.6 Å². The molecular weight excluding hydrogens is 500 g/mol. The molecule has 3 aromatic rings. The van der Waals surface area contributed by atoms with Crippen molar-refractivity contribution in [2.45, 2.75) is 38.7 Å². The Morgan fingerprint density at radius 2 is 1.65 bits per heavy atom. The zero-order chi connectivity index (χ0) is 26.5. The minimum absolute atomic E-state index is 0.162. The lowest BCUT2D eigenvalue weighted by atomic mass is 9.87. The molecule has 0 spiro atoms. The van der Waals surface area contributed by atoms with Gasteiger partial charge in [-0.1, -0.05) is 5.10 Å². The van der Waals surface area contributed by atoms with Crippen molar-refractivity contribution in [1.29, 1.82) is 0 Å². The van der Waals surface area contributed by atoms with Crippen LogP contribution in [0, 0.1) is 29.2 Å². The third-order valence-corrected chi connectivity index (χ3v) is 5.66. The van der Waals surface area contributed by atoms with Gasteiger partial charge in [-0.2, -0.15) is 0 Å². The summed E-state index contributed by atoms with van der Waals surface area (Å²) < 4.78 is 70.7. The normalized spacial score (nSPS) is 17.2. The van der Waals surface area contributed by atoms with Gasteiger partial charge in [0, 0.05) is 18.2 Å². The monoisotopic (exact) mass is 522 g/mol. The fraction of sp³-hybridized carbons (Fsp3) is 0.333. The summed E-state index contributed by atoms with van der Waals surface area (Å²) in [6, 6.07) is 4.27. The van der Waals surface area contributed by atoms with Crippen LogP contribution in [-0.4, -0.2) is 34.8 Å². The molecule has 9 nitrogen and oxygen atoms in total. The number of rotatable bonds is 8. The fourth-order valence-electron chi connectivity index (χ4n) is 3.81. The number of amides is 1. The van der Waals surface area contributed by atoms with E-state index in [4.69, 9.17) is 13.9 Å². The minimum atomic E-state index is -1.38. The van der Waals surface area contributed by atoms with Gasteiger partial charge in [-0.25, -0.2) is 17.6 Å². The summed E-state index contributed by atoms with van der Waals surface area (Å²) in [5.41, 5.74) is -0.687. The number of hydrogen-bond acceptors (Lipinski definition) is 8. The van der Waals surface area contributed by atoms with E-state index in [9.17, 15) is 27.2 Å². The molecule has 1 fully saturated rings. The molecule has 196 valence electrons. The molecule has 1 heterocycles. The number of nitrogens with one attached hydrogen (secondary N) is 2. The molecule has 1 amide bonds. The van der Waals surface area contributed by atoms with E-state index in [1.54, 1.807) is 6.92 Å². The van der Waals surface area contributed by atoms with E-state index in [2.05, 4.69) is 20.8 Å². The Morgan fingerprint density at radius 1 is 0.946 bits per heavy atom. The molecule has 1 aliphatic rings. The Kier molecular flexibility index (Phi) is 7.89. The van der Waals surface area contributed by atoms with Crippen LogP contribution >= 0.6 is 0 Å². The van der Waals surface area contributed by atoms with Crippen LogP contribution in [0.1, 0.15) is 43.3 Å². The molecule has 0 atom stereocenters. The second-order valence-electron chi connectivity index (χ2n) is 8.22. The number of nitrogens with zero attached hydrogens (tertiary/aromatic N) is 2. The zero-order valence-electron chi connectivity index (χ0n) is 19.5. The lowest BCUT2D eigenvalue weighted by Gasteiger charge is -2.27. The van der Waals surface area contributed by atoms with Gasteiger partial charge in [0.1, 0.15) is 17.4 Å². The Morgan fingerprint density at radius 3 is 2.35 bits per heavy atom. The van der Waals surface area contributed by atoms with Gasteiger partial charge in [0.2, 0.25) is 0 Å². The summed E-state index contributed by atoms with van der Waals surface area (Å²) in [6.07, 6.45) is 2.28. The van der Waals surface area contributed by atoms with E-state index in [1.807, 2.05) is 0 Å². The first kappa shape index (κ1) is 25.9. The predicted molar refractivity (Wildman–Crippen MR) is 121 cm³/mol. The van der Waals surface area contributed by atoms with Gasteiger partial charge >= 0.3 is 23.8 Å². The molecule has 1 saturated carbocycles. The van der Waals surface area contributed by atoms with E-state index in [0.29, 0.717) is 44.4 Å². The highest BCUT2D eigenvalue weighted by molar-refractivity contribution is 6.01. The van der Waals surface area contributed by atoms with Crippen LogP contribution in [0.5, 0.6) is 5.75 Å². The maximum atomic E-state index is 14.6. The Labute approximate surface area is 208 Å². The average Bonchev–Trinajstić information content (AvgIpc) is 3.33. The van der Waals surface area contributed by atoms with Crippen molar-refractivity contribution in [3.8, 4) is 5.75 Å². The number of ether oxygens (including phenoxy) is 2. The van der Waals surface area contributed by atoms with E-state index in [0.717, 1.165) is 6.07 Å². The molecule has 13 heteroatoms. The Bertz CT molecular complexity index is 1290. The standard InChI is InChI=1S/C24H22F4N4O5/c1-2-35-23(34)12-3-5-13(6-4-12)36-14-7-8-19(17(27)9-14)29-21(33)22-31-32-24(37-22)30-20-11-16(26)15(25)10-18(20)28/h7-13H,2-6H2,1H3,(H,29,33)(H,30,32). The molecule has 0 saturated heterocycles. The van der Waals surface area contributed by atoms with Gasteiger partial charge < -0.3 is 24.5 Å². The van der Waals surface area contributed by atoms with E-state index >= 15 is 0 Å². The van der Waals surface area contributed by atoms with Crippen LogP contribution < -0.4 is 15.4 Å². The van der Waals surface area contributed by atoms with Gasteiger partial charge in [-0.15, -0.1) is 5.10 Å². The number of carbonyl (C=O) groups is 2. The molecule has 2 N–H and O–H groups in total. The fourth-order valence-corrected chi connectivity index (χ4v) is 3.81. The Hall–Kier alpha value is -4.16. The van der Waals surface area contributed by atoms with Crippen LogP contribution in [0.25, 0.3) is 0 Å². The summed E-state index contributed by atoms with van der Waals surface area (Å²) in [6.45, 7) is 2.09. The predicted octanol–water partition coefficient (Wildman–Crippen LogP) is 5.12. The van der Waals surface area contributed by atoms with Crippen LogP contribution in [0.4, 0.5) is 35.0 Å². The van der Waals surface area contributed by atoms with Crippen molar-refractivity contribution in [3.63, 3.8) is 0 Å². The average molecular weight is 522 g/mol. The molecule has 37 heavy (non-hydrogen) atoms. The lowest BCUT2D eigenvalue weighted by Crippen LogP contribution is -2.29. The van der Waals surface area contributed by atoms with Gasteiger partial charge in [0.25, 0.3) is 0 Å². The molecule has 0 bridgehead atoms. The van der Waals surface area contributed by atoms with Gasteiger partial charge in [0.05, 0.1) is 30.0 Å². The van der Waals surface area contributed by atoms with Crippen LogP contribution in [0.3, 0.4) is 0 Å². The molecule has 0 unspecified atom stereocenters. The number of hydrogen-bond donors (Lipinski definition) is 2. The third kappa shape index (κ3) is 6.35. The number of anilines is 3. The van der Waals surface area contributed by atoms with E-state index in [-0.39, 0.29) is 29.4 Å². The van der Waals surface area contributed by atoms with Crippen LogP contribution in [0.15, 0.2) is 34.7 Å². The minimum Gasteiger partial charge on any atom is -0.490 e. The molecule has 0 aliphatic heterocycles. The second-order valence-corrected chi connectivity index (χ2v) is 8.22. The number of esters is 1. The number of benzene rings is 2. The SMILES string of the molecule is CCOC(=O)C1CCC(Oc2ccc(NC(=O)c3nnc(Nc4cc(F)c(F)cc4F)o3)c(F)c2)CC1. The molecule has 1 aromatic heterocycles. The first-order chi connectivity index (χ1) is 17.7. The van der Waals surface area contributed by atoms with Gasteiger partial charge in [-0.05, 0) is 44.7 Å². The largest absolute Gasteiger partial charge is 0.490 e. The maximum Gasteiger partial charge on any atom is 0.320 e. The highest BCUT2D eigenvalue weighted by Crippen LogP contribution is 2.30. The second kappa shape index (κ2) is 11.3. The maximum absolute atomic E-state index is 14.6.